The van der Waals surface area contributed by atoms with Gasteiger partial charge in [-0.15, -0.1) is 0 Å². The number of nitrogens with one attached hydrogen (secondary N) is 1. The minimum Gasteiger partial charge on any atom is -0.468 e. The van der Waals surface area contributed by atoms with Crippen molar-refractivity contribution in [1.29, 1.82) is 0 Å². The van der Waals surface area contributed by atoms with Crippen molar-refractivity contribution in [3.05, 3.63) is 60.3 Å². The first kappa shape index (κ1) is 24.4. The molecule has 1 fully saturated rings. The third-order valence-electron chi connectivity index (χ3n) is 6.14. The van der Waals surface area contributed by atoms with E-state index in [1.807, 2.05) is 57.3 Å². The minimum atomic E-state index is -0.833. The molecule has 0 unspecified atom stereocenters. The molecule has 4 heterocycles. The summed E-state index contributed by atoms with van der Waals surface area (Å²) in [6.45, 7) is 7.00. The first-order chi connectivity index (χ1) is 16.7. The molecule has 0 bridgehead atoms. The summed E-state index contributed by atoms with van der Waals surface area (Å²) in [7, 11) is 1.42. The number of carbonyl (C=O) groups excluding carboxylic acids is 2. The van der Waals surface area contributed by atoms with Crippen LogP contribution in [0.15, 0.2) is 48.9 Å². The Balaban J connectivity index is 1.56. The average Bonchev–Trinajstić information content (AvgIpc) is 2.86. The van der Waals surface area contributed by atoms with Crippen LogP contribution in [0, 0.1) is 0 Å². The minimum absolute atomic E-state index is 0.207. The van der Waals surface area contributed by atoms with Crippen LogP contribution in [0.1, 0.15) is 45.0 Å². The van der Waals surface area contributed by atoms with Gasteiger partial charge in [0.25, 0.3) is 0 Å². The zero-order valence-corrected chi connectivity index (χ0v) is 20.6. The molecular weight excluding hydrogens is 446 g/mol. The van der Waals surface area contributed by atoms with Gasteiger partial charge in [0.1, 0.15) is 11.0 Å². The second-order valence-corrected chi connectivity index (χ2v) is 9.69. The maximum absolute atomic E-state index is 13.1. The number of fused-ring (bicyclic) bond motifs is 1. The molecule has 1 N–H and O–H groups in total. The zero-order chi connectivity index (χ0) is 25.1. The van der Waals surface area contributed by atoms with Crippen LogP contribution in [-0.2, 0) is 26.2 Å². The Morgan fingerprint density at radius 1 is 1.14 bits per heavy atom. The molecular formula is C26H31N5O4. The number of anilines is 1. The number of methoxy groups -OCH3 is 1. The van der Waals surface area contributed by atoms with Crippen molar-refractivity contribution < 1.29 is 19.1 Å². The van der Waals surface area contributed by atoms with Crippen LogP contribution < -0.4 is 10.2 Å². The number of aromatic nitrogens is 3. The first-order valence-corrected chi connectivity index (χ1v) is 11.7. The van der Waals surface area contributed by atoms with E-state index < -0.39 is 17.1 Å². The summed E-state index contributed by atoms with van der Waals surface area (Å²) >= 11 is 0. The normalized spacial score (nSPS) is 15.5. The molecule has 0 aliphatic carbocycles. The number of nitrogens with zero attached hydrogens (tertiary/aromatic N) is 4. The average molecular weight is 478 g/mol. The highest BCUT2D eigenvalue weighted by Crippen LogP contribution is 2.37. The fourth-order valence-corrected chi connectivity index (χ4v) is 4.35. The number of esters is 1. The number of hydrogen-bond acceptors (Lipinski definition) is 8. The van der Waals surface area contributed by atoms with Gasteiger partial charge in [-0.05, 0) is 63.9 Å². The molecule has 3 aromatic rings. The van der Waals surface area contributed by atoms with E-state index in [0.29, 0.717) is 42.8 Å². The predicted octanol–water partition coefficient (Wildman–Crippen LogP) is 3.76. The zero-order valence-electron chi connectivity index (χ0n) is 20.6. The highest BCUT2D eigenvalue weighted by atomic mass is 16.6. The maximum Gasteiger partial charge on any atom is 0.407 e. The summed E-state index contributed by atoms with van der Waals surface area (Å²) in [6, 6.07) is 9.57. The van der Waals surface area contributed by atoms with Gasteiger partial charge in [-0.2, -0.15) is 0 Å². The van der Waals surface area contributed by atoms with Gasteiger partial charge in [-0.1, -0.05) is 0 Å². The highest BCUT2D eigenvalue weighted by molar-refractivity contribution is 5.85. The molecule has 9 heteroatoms. The summed E-state index contributed by atoms with van der Waals surface area (Å²) in [5.74, 6) is -0.281. The molecule has 184 valence electrons. The number of piperidine rings is 1. The lowest BCUT2D eigenvalue weighted by Crippen LogP contribution is -2.48. The van der Waals surface area contributed by atoms with E-state index in [1.54, 1.807) is 12.4 Å². The Kier molecular flexibility index (Phi) is 6.86. The largest absolute Gasteiger partial charge is 0.468 e. The fourth-order valence-electron chi connectivity index (χ4n) is 4.35. The van der Waals surface area contributed by atoms with Gasteiger partial charge in [0.2, 0.25) is 0 Å². The molecule has 4 rings (SSSR count). The van der Waals surface area contributed by atoms with Gasteiger partial charge < -0.3 is 19.7 Å². The molecule has 1 aliphatic rings. The van der Waals surface area contributed by atoms with Crippen LogP contribution in [0.5, 0.6) is 0 Å². The van der Waals surface area contributed by atoms with E-state index >= 15 is 0 Å². The highest BCUT2D eigenvalue weighted by Gasteiger charge is 2.45. The fraction of sp³-hybridized carbons (Fsp3) is 0.423. The lowest BCUT2D eigenvalue weighted by molar-refractivity contribution is -0.148. The van der Waals surface area contributed by atoms with Gasteiger partial charge in [0.15, 0.2) is 0 Å². The van der Waals surface area contributed by atoms with Crippen molar-refractivity contribution >= 4 is 28.7 Å². The second-order valence-electron chi connectivity index (χ2n) is 9.69. The van der Waals surface area contributed by atoms with Crippen LogP contribution in [0.2, 0.25) is 0 Å². The van der Waals surface area contributed by atoms with Crippen LogP contribution >= 0.6 is 0 Å². The van der Waals surface area contributed by atoms with Crippen molar-refractivity contribution in [3.8, 4) is 0 Å². The van der Waals surface area contributed by atoms with Gasteiger partial charge in [-0.25, -0.2) is 4.79 Å². The monoisotopic (exact) mass is 477 g/mol. The van der Waals surface area contributed by atoms with Gasteiger partial charge in [-0.3, -0.25) is 19.7 Å². The number of hydrogen-bond donors (Lipinski definition) is 1. The van der Waals surface area contributed by atoms with E-state index in [1.165, 1.54) is 7.11 Å². The van der Waals surface area contributed by atoms with E-state index in [4.69, 9.17) is 14.5 Å². The SMILES string of the molecule is COC(=O)C1(c2ccc3cnc(CNC(=O)OC(C)(C)C)cc3n2)CCN(c2cccnc2)CC1. The molecule has 0 atom stereocenters. The Hall–Kier alpha value is -3.75. The molecule has 0 saturated carbocycles. The second kappa shape index (κ2) is 9.85. The van der Waals surface area contributed by atoms with E-state index in [2.05, 4.69) is 20.2 Å². The summed E-state index contributed by atoms with van der Waals surface area (Å²) in [4.78, 5) is 40.8. The molecule has 3 aromatic heterocycles. The summed E-state index contributed by atoms with van der Waals surface area (Å²) in [5.41, 5.74) is 1.65. The molecule has 1 aliphatic heterocycles. The van der Waals surface area contributed by atoms with Crippen molar-refractivity contribution in [2.45, 2.75) is 51.2 Å². The Morgan fingerprint density at radius 2 is 1.91 bits per heavy atom. The lowest BCUT2D eigenvalue weighted by atomic mass is 9.75. The molecule has 0 radical (unpaired) electrons. The van der Waals surface area contributed by atoms with Gasteiger partial charge >= 0.3 is 12.1 Å². The summed E-state index contributed by atoms with van der Waals surface area (Å²) < 4.78 is 10.5. The van der Waals surface area contributed by atoms with Crippen molar-refractivity contribution in [2.75, 3.05) is 25.1 Å². The number of carbonyl (C=O) groups is 2. The van der Waals surface area contributed by atoms with Crippen LogP contribution in [-0.4, -0.2) is 52.8 Å². The number of amides is 1. The molecule has 35 heavy (non-hydrogen) atoms. The van der Waals surface area contributed by atoms with E-state index in [9.17, 15) is 9.59 Å². The Morgan fingerprint density at radius 3 is 2.57 bits per heavy atom. The Labute approximate surface area is 204 Å². The number of rotatable bonds is 5. The number of alkyl carbamates (subject to hydrolysis) is 1. The standard InChI is InChI=1S/C26H31N5O4/c1-25(2,3)35-24(33)29-16-19-14-21-18(15-28-19)7-8-22(30-21)26(23(32)34-4)9-12-31(13-10-26)20-6-5-11-27-17-20/h5-8,11,14-15,17H,9-10,12-13,16H2,1-4H3,(H,29,33). The number of pyridine rings is 3. The van der Waals surface area contributed by atoms with Crippen LogP contribution in [0.25, 0.3) is 10.9 Å². The summed E-state index contributed by atoms with van der Waals surface area (Å²) in [6.07, 6.45) is 5.94. The van der Waals surface area contributed by atoms with Crippen LogP contribution in [0.3, 0.4) is 0 Å². The van der Waals surface area contributed by atoms with Crippen molar-refractivity contribution in [1.82, 2.24) is 20.3 Å². The Bertz CT molecular complexity index is 1200. The first-order valence-electron chi connectivity index (χ1n) is 11.7. The topological polar surface area (TPSA) is 107 Å². The number of ether oxygens (including phenoxy) is 2. The van der Waals surface area contributed by atoms with Gasteiger partial charge in [0, 0.05) is 30.9 Å². The quantitative estimate of drug-likeness (QED) is 0.554. The van der Waals surface area contributed by atoms with E-state index in [-0.39, 0.29) is 12.5 Å². The van der Waals surface area contributed by atoms with E-state index in [0.717, 1.165) is 11.1 Å². The van der Waals surface area contributed by atoms with Crippen LogP contribution in [0.4, 0.5) is 10.5 Å². The van der Waals surface area contributed by atoms with Gasteiger partial charge in [0.05, 0.1) is 42.4 Å². The van der Waals surface area contributed by atoms with Crippen molar-refractivity contribution in [2.24, 2.45) is 0 Å². The third kappa shape index (κ3) is 5.50. The third-order valence-corrected chi connectivity index (χ3v) is 6.14. The molecule has 1 saturated heterocycles. The van der Waals surface area contributed by atoms with Crippen molar-refractivity contribution in [3.63, 3.8) is 0 Å². The molecule has 0 aromatic carbocycles. The summed E-state index contributed by atoms with van der Waals surface area (Å²) in [5, 5.41) is 3.57. The maximum atomic E-state index is 13.1. The molecule has 9 nitrogen and oxygen atoms in total. The lowest BCUT2D eigenvalue weighted by Gasteiger charge is -2.40. The molecule has 1 amide bonds. The predicted molar refractivity (Wildman–Crippen MR) is 132 cm³/mol. The smallest absolute Gasteiger partial charge is 0.407 e. The molecule has 0 spiro atoms.